The van der Waals surface area contributed by atoms with E-state index in [2.05, 4.69) is 33.0 Å². The molecule has 0 aliphatic carbocycles. The van der Waals surface area contributed by atoms with Crippen LogP contribution in [0.3, 0.4) is 0 Å². The van der Waals surface area contributed by atoms with Crippen molar-refractivity contribution in [2.24, 2.45) is 11.8 Å². The zero-order valence-electron chi connectivity index (χ0n) is 9.67. The fourth-order valence-electron chi connectivity index (χ4n) is 1.29. The molecule has 0 saturated carbocycles. The van der Waals surface area contributed by atoms with E-state index in [4.69, 9.17) is 5.11 Å². The molecule has 0 fully saturated rings. The van der Waals surface area contributed by atoms with Crippen molar-refractivity contribution in [1.82, 2.24) is 5.32 Å². The summed E-state index contributed by atoms with van der Waals surface area (Å²) in [5.41, 5.74) is 0. The quantitative estimate of drug-likeness (QED) is 0.667. The second-order valence-electron chi connectivity index (χ2n) is 4.63. The molecule has 0 aromatic carbocycles. The molecule has 0 rings (SSSR count). The highest BCUT2D eigenvalue weighted by molar-refractivity contribution is 4.67. The third kappa shape index (κ3) is 7.03. The van der Waals surface area contributed by atoms with Crippen molar-refractivity contribution in [2.75, 3.05) is 6.54 Å². The van der Waals surface area contributed by atoms with Crippen LogP contribution in [0.4, 0.5) is 0 Å². The van der Waals surface area contributed by atoms with Crippen LogP contribution in [0.5, 0.6) is 0 Å². The predicted molar refractivity (Wildman–Crippen MR) is 57.8 cm³/mol. The molecule has 0 radical (unpaired) electrons. The van der Waals surface area contributed by atoms with Crippen LogP contribution in [0.15, 0.2) is 0 Å². The van der Waals surface area contributed by atoms with Crippen LogP contribution in [-0.4, -0.2) is 23.8 Å². The van der Waals surface area contributed by atoms with Crippen LogP contribution in [-0.2, 0) is 0 Å². The first kappa shape index (κ1) is 12.9. The minimum absolute atomic E-state index is 0.175. The molecule has 80 valence electrons. The van der Waals surface area contributed by atoms with Crippen molar-refractivity contribution < 1.29 is 5.11 Å². The van der Waals surface area contributed by atoms with Gasteiger partial charge in [0.15, 0.2) is 0 Å². The Morgan fingerprint density at radius 3 is 2.00 bits per heavy atom. The summed E-state index contributed by atoms with van der Waals surface area (Å²) in [7, 11) is 0. The molecule has 0 aromatic rings. The molecule has 0 heterocycles. The molecule has 13 heavy (non-hydrogen) atoms. The van der Waals surface area contributed by atoms with Gasteiger partial charge in [-0.15, -0.1) is 0 Å². The van der Waals surface area contributed by atoms with Crippen LogP contribution in [0.25, 0.3) is 0 Å². The van der Waals surface area contributed by atoms with Gasteiger partial charge in [-0.1, -0.05) is 20.8 Å². The zero-order chi connectivity index (χ0) is 10.4. The minimum Gasteiger partial charge on any atom is -0.393 e. The maximum atomic E-state index is 9.17. The summed E-state index contributed by atoms with van der Waals surface area (Å²) >= 11 is 0. The summed E-state index contributed by atoms with van der Waals surface area (Å²) in [4.78, 5) is 0. The number of hydrogen-bond acceptors (Lipinski definition) is 2. The maximum absolute atomic E-state index is 9.17. The molecule has 0 aliphatic rings. The van der Waals surface area contributed by atoms with Gasteiger partial charge in [0, 0.05) is 6.04 Å². The maximum Gasteiger partial charge on any atom is 0.0515 e. The lowest BCUT2D eigenvalue weighted by molar-refractivity contribution is 0.162. The highest BCUT2D eigenvalue weighted by Gasteiger charge is 2.09. The number of hydrogen-bond donors (Lipinski definition) is 2. The van der Waals surface area contributed by atoms with Crippen LogP contribution in [0.1, 0.15) is 41.0 Å². The average molecular weight is 187 g/mol. The average Bonchev–Trinajstić information content (AvgIpc) is 1.98. The summed E-state index contributed by atoms with van der Waals surface area (Å²) < 4.78 is 0. The highest BCUT2D eigenvalue weighted by atomic mass is 16.3. The Morgan fingerprint density at radius 2 is 1.62 bits per heavy atom. The van der Waals surface area contributed by atoms with Crippen LogP contribution >= 0.6 is 0 Å². The van der Waals surface area contributed by atoms with E-state index in [1.54, 1.807) is 0 Å². The van der Waals surface area contributed by atoms with E-state index < -0.39 is 0 Å². The van der Waals surface area contributed by atoms with Gasteiger partial charge < -0.3 is 10.4 Å². The molecule has 0 spiro atoms. The van der Waals surface area contributed by atoms with Gasteiger partial charge in [-0.2, -0.15) is 0 Å². The van der Waals surface area contributed by atoms with Gasteiger partial charge in [-0.25, -0.2) is 0 Å². The predicted octanol–water partition coefficient (Wildman–Crippen LogP) is 2.03. The Morgan fingerprint density at radius 1 is 1.08 bits per heavy atom. The lowest BCUT2D eigenvalue weighted by Gasteiger charge is -2.21. The molecule has 0 amide bonds. The summed E-state index contributed by atoms with van der Waals surface area (Å²) in [6.45, 7) is 11.7. The van der Waals surface area contributed by atoms with Crippen molar-refractivity contribution in [1.29, 1.82) is 0 Å². The largest absolute Gasteiger partial charge is 0.393 e. The zero-order valence-corrected chi connectivity index (χ0v) is 9.67. The number of nitrogens with one attached hydrogen (secondary N) is 1. The fourth-order valence-corrected chi connectivity index (χ4v) is 1.29. The molecule has 2 nitrogen and oxygen atoms in total. The third-order valence-corrected chi connectivity index (χ3v) is 2.53. The van der Waals surface area contributed by atoms with Gasteiger partial charge in [0.05, 0.1) is 6.10 Å². The Kier molecular flexibility index (Phi) is 6.35. The lowest BCUT2D eigenvalue weighted by Crippen LogP contribution is -2.34. The fraction of sp³-hybridized carbons (Fsp3) is 1.00. The SMILES string of the molecule is CC(O)CC(C)CNC(C)C(C)C. The van der Waals surface area contributed by atoms with Crippen molar-refractivity contribution in [3.8, 4) is 0 Å². The standard InChI is InChI=1S/C11H25NO/c1-8(2)11(5)12-7-9(3)6-10(4)13/h8-13H,6-7H2,1-5H3. The van der Waals surface area contributed by atoms with E-state index in [0.29, 0.717) is 17.9 Å². The third-order valence-electron chi connectivity index (χ3n) is 2.53. The molecule has 0 aliphatic heterocycles. The molecule has 2 heteroatoms. The second-order valence-corrected chi connectivity index (χ2v) is 4.63. The Labute approximate surface area is 82.7 Å². The molecule has 2 N–H and O–H groups in total. The van der Waals surface area contributed by atoms with Gasteiger partial charge in [-0.3, -0.25) is 0 Å². The Hall–Kier alpha value is -0.0800. The smallest absolute Gasteiger partial charge is 0.0515 e. The molecular formula is C11H25NO. The number of aliphatic hydroxyl groups is 1. The molecule has 0 saturated heterocycles. The van der Waals surface area contributed by atoms with Crippen LogP contribution < -0.4 is 5.32 Å². The highest BCUT2D eigenvalue weighted by Crippen LogP contribution is 2.06. The van der Waals surface area contributed by atoms with Gasteiger partial charge in [-0.05, 0) is 38.6 Å². The molecule has 0 aromatic heterocycles. The van der Waals surface area contributed by atoms with Crippen molar-refractivity contribution in [3.63, 3.8) is 0 Å². The Bertz CT molecular complexity index is 123. The summed E-state index contributed by atoms with van der Waals surface area (Å²) in [5, 5.41) is 12.6. The number of rotatable bonds is 6. The van der Waals surface area contributed by atoms with Gasteiger partial charge in [0.1, 0.15) is 0 Å². The normalized spacial score (nSPS) is 18.7. The molecular weight excluding hydrogens is 162 g/mol. The van der Waals surface area contributed by atoms with E-state index >= 15 is 0 Å². The van der Waals surface area contributed by atoms with Crippen molar-refractivity contribution in [3.05, 3.63) is 0 Å². The van der Waals surface area contributed by atoms with E-state index in [1.165, 1.54) is 0 Å². The van der Waals surface area contributed by atoms with Gasteiger partial charge >= 0.3 is 0 Å². The van der Waals surface area contributed by atoms with Crippen molar-refractivity contribution >= 4 is 0 Å². The molecule has 3 atom stereocenters. The summed E-state index contributed by atoms with van der Waals surface area (Å²) in [6, 6.07) is 0.566. The first-order chi connectivity index (χ1) is 5.93. The van der Waals surface area contributed by atoms with Crippen LogP contribution in [0, 0.1) is 11.8 Å². The van der Waals surface area contributed by atoms with E-state index in [-0.39, 0.29) is 6.10 Å². The monoisotopic (exact) mass is 187 g/mol. The molecule has 3 unspecified atom stereocenters. The topological polar surface area (TPSA) is 32.3 Å². The van der Waals surface area contributed by atoms with E-state index in [1.807, 2.05) is 6.92 Å². The van der Waals surface area contributed by atoms with E-state index in [0.717, 1.165) is 13.0 Å². The first-order valence-corrected chi connectivity index (χ1v) is 5.35. The first-order valence-electron chi connectivity index (χ1n) is 5.35. The van der Waals surface area contributed by atoms with Gasteiger partial charge in [0.25, 0.3) is 0 Å². The summed E-state index contributed by atoms with van der Waals surface area (Å²) in [5.74, 6) is 1.24. The van der Waals surface area contributed by atoms with Gasteiger partial charge in [0.2, 0.25) is 0 Å². The second kappa shape index (κ2) is 6.39. The Balaban J connectivity index is 3.51. The van der Waals surface area contributed by atoms with Crippen molar-refractivity contribution in [2.45, 2.75) is 53.2 Å². The lowest BCUT2D eigenvalue weighted by atomic mass is 10.0. The minimum atomic E-state index is -0.175. The molecule has 0 bridgehead atoms. The number of aliphatic hydroxyl groups excluding tert-OH is 1. The summed E-state index contributed by atoms with van der Waals surface area (Å²) in [6.07, 6.45) is 0.712. The van der Waals surface area contributed by atoms with Crippen LogP contribution in [0.2, 0.25) is 0 Å². The van der Waals surface area contributed by atoms with E-state index in [9.17, 15) is 0 Å².